The lowest BCUT2D eigenvalue weighted by Gasteiger charge is -2.06. The number of hydrogen-bond acceptors (Lipinski definition) is 3. The molecule has 0 aromatic heterocycles. The lowest BCUT2D eigenvalue weighted by atomic mass is 10.0. The normalized spacial score (nSPS) is 26.6. The second-order valence-electron chi connectivity index (χ2n) is 5.93. The van der Waals surface area contributed by atoms with Crippen LogP contribution >= 0.6 is 0 Å². The van der Waals surface area contributed by atoms with E-state index >= 15 is 0 Å². The number of hydrogen-bond donors (Lipinski definition) is 1. The molecular weight excluding hydrogens is 266 g/mol. The number of anilines is 1. The number of fused-ring (bicyclic) bond motifs is 1. The van der Waals surface area contributed by atoms with Crippen LogP contribution < -0.4 is 5.32 Å². The number of esters is 1. The number of benzene rings is 1. The maximum absolute atomic E-state index is 12.3. The summed E-state index contributed by atoms with van der Waals surface area (Å²) in [6.07, 6.45) is 4.92. The zero-order valence-corrected chi connectivity index (χ0v) is 12.3. The molecule has 2 aliphatic rings. The molecule has 0 saturated heterocycles. The first-order valence-electron chi connectivity index (χ1n) is 7.78. The highest BCUT2D eigenvalue weighted by atomic mass is 16.5. The summed E-state index contributed by atoms with van der Waals surface area (Å²) in [4.78, 5) is 23.8. The number of carbonyl (C=O) groups is 2. The minimum Gasteiger partial charge on any atom is -0.462 e. The highest BCUT2D eigenvalue weighted by molar-refractivity contribution is 5.96. The SMILES string of the molecule is CCOC(=O)c1ccc(NC(=O)C2[C@@H]3CCCC[C@@H]23)cc1. The summed E-state index contributed by atoms with van der Waals surface area (Å²) >= 11 is 0. The Morgan fingerprint density at radius 1 is 1.14 bits per heavy atom. The number of ether oxygens (including phenoxy) is 1. The molecule has 21 heavy (non-hydrogen) atoms. The fraction of sp³-hybridized carbons (Fsp3) is 0.529. The Kier molecular flexibility index (Phi) is 3.95. The molecule has 2 atom stereocenters. The van der Waals surface area contributed by atoms with Crippen LogP contribution in [0.5, 0.6) is 0 Å². The van der Waals surface area contributed by atoms with Crippen molar-refractivity contribution in [1.29, 1.82) is 0 Å². The first kappa shape index (κ1) is 14.1. The first-order chi connectivity index (χ1) is 10.2. The highest BCUT2D eigenvalue weighted by Crippen LogP contribution is 2.55. The van der Waals surface area contributed by atoms with Gasteiger partial charge in [0.1, 0.15) is 0 Å². The summed E-state index contributed by atoms with van der Waals surface area (Å²) in [6.45, 7) is 2.14. The molecule has 0 spiro atoms. The van der Waals surface area contributed by atoms with Crippen molar-refractivity contribution in [2.24, 2.45) is 17.8 Å². The number of nitrogens with one attached hydrogen (secondary N) is 1. The van der Waals surface area contributed by atoms with Gasteiger partial charge in [-0.15, -0.1) is 0 Å². The van der Waals surface area contributed by atoms with Crippen molar-refractivity contribution in [2.75, 3.05) is 11.9 Å². The molecule has 0 unspecified atom stereocenters. The molecule has 1 aromatic carbocycles. The Morgan fingerprint density at radius 2 is 1.76 bits per heavy atom. The van der Waals surface area contributed by atoms with Crippen molar-refractivity contribution in [2.45, 2.75) is 32.6 Å². The van der Waals surface area contributed by atoms with Gasteiger partial charge in [0.15, 0.2) is 0 Å². The van der Waals surface area contributed by atoms with E-state index in [9.17, 15) is 9.59 Å². The van der Waals surface area contributed by atoms with Gasteiger partial charge in [-0.05, 0) is 55.9 Å². The second kappa shape index (κ2) is 5.88. The van der Waals surface area contributed by atoms with Crippen LogP contribution in [0.2, 0.25) is 0 Å². The summed E-state index contributed by atoms with van der Waals surface area (Å²) < 4.78 is 4.94. The molecule has 0 bridgehead atoms. The van der Waals surface area contributed by atoms with Crippen molar-refractivity contribution in [1.82, 2.24) is 0 Å². The van der Waals surface area contributed by atoms with Crippen molar-refractivity contribution in [3.05, 3.63) is 29.8 Å². The van der Waals surface area contributed by atoms with E-state index in [1.165, 1.54) is 25.7 Å². The van der Waals surface area contributed by atoms with E-state index in [0.717, 1.165) is 5.69 Å². The molecule has 1 amide bonds. The Balaban J connectivity index is 1.58. The number of carbonyl (C=O) groups excluding carboxylic acids is 2. The summed E-state index contributed by atoms with van der Waals surface area (Å²) in [5, 5.41) is 2.97. The van der Waals surface area contributed by atoms with Gasteiger partial charge in [-0.3, -0.25) is 4.79 Å². The van der Waals surface area contributed by atoms with E-state index in [4.69, 9.17) is 4.74 Å². The highest BCUT2D eigenvalue weighted by Gasteiger charge is 2.54. The fourth-order valence-electron chi connectivity index (χ4n) is 3.51. The van der Waals surface area contributed by atoms with E-state index in [0.29, 0.717) is 24.0 Å². The minimum absolute atomic E-state index is 0.135. The molecular formula is C17H21NO3. The van der Waals surface area contributed by atoms with Gasteiger partial charge in [0.25, 0.3) is 0 Å². The molecule has 2 saturated carbocycles. The largest absolute Gasteiger partial charge is 0.462 e. The molecule has 3 rings (SSSR count). The van der Waals surface area contributed by atoms with Gasteiger partial charge < -0.3 is 10.1 Å². The van der Waals surface area contributed by atoms with E-state index in [1.54, 1.807) is 31.2 Å². The zero-order chi connectivity index (χ0) is 14.8. The lowest BCUT2D eigenvalue weighted by Crippen LogP contribution is -2.15. The predicted octanol–water partition coefficient (Wildman–Crippen LogP) is 3.24. The standard InChI is InChI=1S/C17H21NO3/c1-2-21-17(20)11-7-9-12(10-8-11)18-16(19)15-13-5-3-4-6-14(13)15/h7-10,13-15H,2-6H2,1H3,(H,18,19)/t13-,14-/m1/s1. The topological polar surface area (TPSA) is 55.4 Å². The average molecular weight is 287 g/mol. The predicted molar refractivity (Wildman–Crippen MR) is 80.0 cm³/mol. The monoisotopic (exact) mass is 287 g/mol. The van der Waals surface area contributed by atoms with Gasteiger partial charge >= 0.3 is 5.97 Å². The van der Waals surface area contributed by atoms with E-state index in [1.807, 2.05) is 0 Å². The molecule has 112 valence electrons. The van der Waals surface area contributed by atoms with Crippen LogP contribution in [0, 0.1) is 17.8 Å². The smallest absolute Gasteiger partial charge is 0.338 e. The summed E-state index contributed by atoms with van der Waals surface area (Å²) in [5.74, 6) is 1.23. The molecule has 4 heteroatoms. The van der Waals surface area contributed by atoms with Crippen LogP contribution in [0.1, 0.15) is 43.0 Å². The Labute approximate surface area is 124 Å². The first-order valence-corrected chi connectivity index (χ1v) is 7.78. The summed E-state index contributed by atoms with van der Waals surface area (Å²) in [5.41, 5.74) is 1.26. The van der Waals surface area contributed by atoms with Crippen LogP contribution in [0.15, 0.2) is 24.3 Å². The van der Waals surface area contributed by atoms with Gasteiger partial charge in [0, 0.05) is 11.6 Å². The number of amides is 1. The van der Waals surface area contributed by atoms with E-state index < -0.39 is 0 Å². The van der Waals surface area contributed by atoms with Crippen molar-refractivity contribution in [3.63, 3.8) is 0 Å². The quantitative estimate of drug-likeness (QED) is 0.865. The molecule has 0 aliphatic heterocycles. The third kappa shape index (κ3) is 2.94. The van der Waals surface area contributed by atoms with Crippen LogP contribution in [0.25, 0.3) is 0 Å². The molecule has 2 fully saturated rings. The Bertz CT molecular complexity index is 525. The number of rotatable bonds is 4. The van der Waals surface area contributed by atoms with Crippen molar-refractivity contribution >= 4 is 17.6 Å². The Hall–Kier alpha value is -1.84. The molecule has 0 heterocycles. The van der Waals surface area contributed by atoms with Gasteiger partial charge in [-0.25, -0.2) is 4.79 Å². The van der Waals surface area contributed by atoms with Gasteiger partial charge in [-0.1, -0.05) is 12.8 Å². The molecule has 1 N–H and O–H groups in total. The molecule has 4 nitrogen and oxygen atoms in total. The van der Waals surface area contributed by atoms with Crippen LogP contribution in [0.4, 0.5) is 5.69 Å². The van der Waals surface area contributed by atoms with Gasteiger partial charge in [0.05, 0.1) is 12.2 Å². The van der Waals surface area contributed by atoms with Crippen LogP contribution in [-0.4, -0.2) is 18.5 Å². The molecule has 1 aromatic rings. The summed E-state index contributed by atoms with van der Waals surface area (Å²) in [6, 6.07) is 6.90. The van der Waals surface area contributed by atoms with Gasteiger partial charge in [-0.2, -0.15) is 0 Å². The van der Waals surface area contributed by atoms with Crippen molar-refractivity contribution in [3.8, 4) is 0 Å². The Morgan fingerprint density at radius 3 is 2.33 bits per heavy atom. The van der Waals surface area contributed by atoms with Crippen molar-refractivity contribution < 1.29 is 14.3 Å². The summed E-state index contributed by atoms with van der Waals surface area (Å²) in [7, 11) is 0. The van der Waals surface area contributed by atoms with E-state index in [-0.39, 0.29) is 17.8 Å². The zero-order valence-electron chi connectivity index (χ0n) is 12.3. The lowest BCUT2D eigenvalue weighted by molar-refractivity contribution is -0.117. The maximum atomic E-state index is 12.3. The van der Waals surface area contributed by atoms with Gasteiger partial charge in [0.2, 0.25) is 5.91 Å². The third-order valence-electron chi connectivity index (χ3n) is 4.62. The fourth-order valence-corrected chi connectivity index (χ4v) is 3.51. The molecule has 2 aliphatic carbocycles. The average Bonchev–Trinajstić information content (AvgIpc) is 3.22. The molecule has 0 radical (unpaired) electrons. The second-order valence-corrected chi connectivity index (χ2v) is 5.93. The third-order valence-corrected chi connectivity index (χ3v) is 4.62. The maximum Gasteiger partial charge on any atom is 0.338 e. The van der Waals surface area contributed by atoms with E-state index in [2.05, 4.69) is 5.32 Å². The minimum atomic E-state index is -0.330. The van der Waals surface area contributed by atoms with Crippen LogP contribution in [0.3, 0.4) is 0 Å². The van der Waals surface area contributed by atoms with Crippen LogP contribution in [-0.2, 0) is 9.53 Å².